The molecule has 0 fully saturated rings. The predicted molar refractivity (Wildman–Crippen MR) is 60.0 cm³/mol. The van der Waals surface area contributed by atoms with Crippen LogP contribution in [0.5, 0.6) is 0 Å². The van der Waals surface area contributed by atoms with Crippen LogP contribution in [0, 0.1) is 0 Å². The van der Waals surface area contributed by atoms with E-state index in [-0.39, 0.29) is 6.42 Å². The van der Waals surface area contributed by atoms with Crippen LogP contribution in [0.2, 0.25) is 0 Å². The molecule has 0 amide bonds. The number of nitrogens with one attached hydrogen (secondary N) is 1. The summed E-state index contributed by atoms with van der Waals surface area (Å²) in [6.07, 6.45) is 0.182. The summed E-state index contributed by atoms with van der Waals surface area (Å²) >= 11 is 0. The number of hydrogen-bond acceptors (Lipinski definition) is 2. The molecule has 1 rings (SSSR count). The second-order valence-corrected chi connectivity index (χ2v) is 3.66. The largest absolute Gasteiger partial charge is 0.481 e. The zero-order chi connectivity index (χ0) is 11.1. The normalized spacial score (nSPS) is 12.3. The molecule has 82 valence electrons. The topological polar surface area (TPSA) is 49.3 Å². The summed E-state index contributed by atoms with van der Waals surface area (Å²) in [7, 11) is 0. The molecule has 0 saturated carbocycles. The van der Waals surface area contributed by atoms with Crippen LogP contribution in [0.25, 0.3) is 0 Å². The maximum atomic E-state index is 10.3. The molecule has 1 aromatic rings. The van der Waals surface area contributed by atoms with Gasteiger partial charge in [-0.3, -0.25) is 4.79 Å². The van der Waals surface area contributed by atoms with E-state index >= 15 is 0 Å². The quantitative estimate of drug-likeness (QED) is 0.700. The molecule has 0 aliphatic heterocycles. The van der Waals surface area contributed by atoms with Gasteiger partial charge in [0.05, 0.1) is 6.42 Å². The minimum Gasteiger partial charge on any atom is -0.481 e. The van der Waals surface area contributed by atoms with Crippen molar-refractivity contribution in [1.82, 2.24) is 5.32 Å². The van der Waals surface area contributed by atoms with E-state index in [2.05, 4.69) is 24.4 Å². The highest BCUT2D eigenvalue weighted by Crippen LogP contribution is 2.12. The number of aliphatic carboxylic acids is 1. The second-order valence-electron chi connectivity index (χ2n) is 3.66. The van der Waals surface area contributed by atoms with Gasteiger partial charge in [-0.2, -0.15) is 0 Å². The van der Waals surface area contributed by atoms with E-state index < -0.39 is 5.97 Å². The summed E-state index contributed by atoms with van der Waals surface area (Å²) in [6.45, 7) is 3.48. The van der Waals surface area contributed by atoms with Crippen molar-refractivity contribution in [2.24, 2.45) is 0 Å². The van der Waals surface area contributed by atoms with Crippen molar-refractivity contribution in [1.29, 1.82) is 0 Å². The minimum atomic E-state index is -0.755. The van der Waals surface area contributed by atoms with Crippen molar-refractivity contribution < 1.29 is 9.90 Å². The minimum absolute atomic E-state index is 0.182. The van der Waals surface area contributed by atoms with Crippen molar-refractivity contribution in [3.8, 4) is 0 Å². The standard InChI is InChI=1S/C12H17NO2/c1-10(9-13-8-7-12(14)15)11-5-3-2-4-6-11/h2-6,10,13H,7-9H2,1H3,(H,14,15). The van der Waals surface area contributed by atoms with Crippen molar-refractivity contribution in [2.75, 3.05) is 13.1 Å². The number of carboxylic acid groups (broad SMARTS) is 1. The fraction of sp³-hybridized carbons (Fsp3) is 0.417. The van der Waals surface area contributed by atoms with Crippen LogP contribution in [0.4, 0.5) is 0 Å². The molecule has 0 heterocycles. The molecule has 15 heavy (non-hydrogen) atoms. The lowest BCUT2D eigenvalue weighted by atomic mass is 10.0. The first-order valence-electron chi connectivity index (χ1n) is 5.17. The fourth-order valence-corrected chi connectivity index (χ4v) is 1.41. The lowest BCUT2D eigenvalue weighted by Crippen LogP contribution is -2.22. The molecule has 0 spiro atoms. The molecule has 0 aliphatic rings. The Balaban J connectivity index is 2.25. The Morgan fingerprint density at radius 1 is 1.40 bits per heavy atom. The highest BCUT2D eigenvalue weighted by atomic mass is 16.4. The van der Waals surface area contributed by atoms with E-state index in [4.69, 9.17) is 5.11 Å². The van der Waals surface area contributed by atoms with Crippen LogP contribution >= 0.6 is 0 Å². The molecule has 0 aliphatic carbocycles. The van der Waals surface area contributed by atoms with Gasteiger partial charge in [0.1, 0.15) is 0 Å². The maximum absolute atomic E-state index is 10.3. The smallest absolute Gasteiger partial charge is 0.304 e. The van der Waals surface area contributed by atoms with Crippen molar-refractivity contribution in [3.63, 3.8) is 0 Å². The zero-order valence-electron chi connectivity index (χ0n) is 8.94. The third-order valence-electron chi connectivity index (χ3n) is 2.33. The van der Waals surface area contributed by atoms with Gasteiger partial charge < -0.3 is 10.4 Å². The van der Waals surface area contributed by atoms with Gasteiger partial charge >= 0.3 is 5.97 Å². The van der Waals surface area contributed by atoms with Gasteiger partial charge in [-0.1, -0.05) is 37.3 Å². The number of benzene rings is 1. The molecule has 1 atom stereocenters. The molecule has 3 nitrogen and oxygen atoms in total. The lowest BCUT2D eigenvalue weighted by Gasteiger charge is -2.12. The fourth-order valence-electron chi connectivity index (χ4n) is 1.41. The first-order chi connectivity index (χ1) is 7.20. The molecule has 3 heteroatoms. The van der Waals surface area contributed by atoms with Gasteiger partial charge in [-0.25, -0.2) is 0 Å². The van der Waals surface area contributed by atoms with Crippen molar-refractivity contribution in [3.05, 3.63) is 35.9 Å². The SMILES string of the molecule is CC(CNCCC(=O)O)c1ccccc1. The van der Waals surface area contributed by atoms with Crippen molar-refractivity contribution in [2.45, 2.75) is 19.3 Å². The van der Waals surface area contributed by atoms with Crippen LogP contribution < -0.4 is 5.32 Å². The molecule has 0 aromatic heterocycles. The van der Waals surface area contributed by atoms with Crippen molar-refractivity contribution >= 4 is 5.97 Å². The lowest BCUT2D eigenvalue weighted by molar-refractivity contribution is -0.136. The molecule has 0 bridgehead atoms. The summed E-state index contributed by atoms with van der Waals surface area (Å²) in [5, 5.41) is 11.6. The van der Waals surface area contributed by atoms with Crippen LogP contribution in [-0.4, -0.2) is 24.2 Å². The Bertz CT molecular complexity index is 298. The van der Waals surface area contributed by atoms with E-state index in [1.54, 1.807) is 0 Å². The maximum Gasteiger partial charge on any atom is 0.304 e. The average Bonchev–Trinajstić information content (AvgIpc) is 2.25. The van der Waals surface area contributed by atoms with E-state index in [9.17, 15) is 4.79 Å². The zero-order valence-corrected chi connectivity index (χ0v) is 8.94. The van der Waals surface area contributed by atoms with E-state index in [1.807, 2.05) is 18.2 Å². The molecular formula is C12H17NO2. The Morgan fingerprint density at radius 3 is 2.67 bits per heavy atom. The van der Waals surface area contributed by atoms with Gasteiger partial charge in [0.2, 0.25) is 0 Å². The van der Waals surface area contributed by atoms with Gasteiger partial charge in [0, 0.05) is 13.1 Å². The second kappa shape index (κ2) is 6.19. The van der Waals surface area contributed by atoms with Gasteiger partial charge in [0.25, 0.3) is 0 Å². The summed E-state index contributed by atoms with van der Waals surface area (Å²) in [6, 6.07) is 10.2. The monoisotopic (exact) mass is 207 g/mol. The molecule has 0 saturated heterocycles. The Kier molecular flexibility index (Phi) is 4.84. The van der Waals surface area contributed by atoms with Crippen LogP contribution in [-0.2, 0) is 4.79 Å². The van der Waals surface area contributed by atoms with Gasteiger partial charge in [-0.15, -0.1) is 0 Å². The molecule has 2 N–H and O–H groups in total. The summed E-state index contributed by atoms with van der Waals surface area (Å²) in [5.74, 6) is -0.338. The third kappa shape index (κ3) is 4.61. The number of rotatable bonds is 6. The first kappa shape index (κ1) is 11.7. The summed E-state index contributed by atoms with van der Waals surface area (Å²) in [5.41, 5.74) is 1.28. The molecular weight excluding hydrogens is 190 g/mol. The Hall–Kier alpha value is -1.35. The van der Waals surface area contributed by atoms with E-state index in [0.717, 1.165) is 6.54 Å². The summed E-state index contributed by atoms with van der Waals surface area (Å²) < 4.78 is 0. The molecule has 1 aromatic carbocycles. The Labute approximate surface area is 90.1 Å². The molecule has 1 unspecified atom stereocenters. The Morgan fingerprint density at radius 2 is 2.07 bits per heavy atom. The first-order valence-corrected chi connectivity index (χ1v) is 5.17. The number of carbonyl (C=O) groups is 1. The van der Waals surface area contributed by atoms with Crippen LogP contribution in [0.3, 0.4) is 0 Å². The van der Waals surface area contributed by atoms with Crippen LogP contribution in [0.15, 0.2) is 30.3 Å². The predicted octanol–water partition coefficient (Wildman–Crippen LogP) is 1.85. The number of hydrogen-bond donors (Lipinski definition) is 2. The third-order valence-corrected chi connectivity index (χ3v) is 2.33. The van der Waals surface area contributed by atoms with E-state index in [1.165, 1.54) is 5.56 Å². The highest BCUT2D eigenvalue weighted by Gasteiger charge is 2.04. The van der Waals surface area contributed by atoms with Gasteiger partial charge in [-0.05, 0) is 11.5 Å². The summed E-state index contributed by atoms with van der Waals surface area (Å²) in [4.78, 5) is 10.3. The average molecular weight is 207 g/mol. The van der Waals surface area contributed by atoms with Crippen LogP contribution in [0.1, 0.15) is 24.8 Å². The highest BCUT2D eigenvalue weighted by molar-refractivity contribution is 5.66. The van der Waals surface area contributed by atoms with E-state index in [0.29, 0.717) is 12.5 Å². The molecule has 0 radical (unpaired) electrons. The number of carboxylic acids is 1. The van der Waals surface area contributed by atoms with Gasteiger partial charge in [0.15, 0.2) is 0 Å².